The summed E-state index contributed by atoms with van der Waals surface area (Å²) in [6, 6.07) is 10.5. The monoisotopic (exact) mass is 314 g/mol. The van der Waals surface area contributed by atoms with Crippen LogP contribution in [0.3, 0.4) is 0 Å². The van der Waals surface area contributed by atoms with Crippen LogP contribution in [0.1, 0.15) is 36.8 Å². The van der Waals surface area contributed by atoms with Gasteiger partial charge in [0.25, 0.3) is 0 Å². The van der Waals surface area contributed by atoms with Crippen LogP contribution < -0.4 is 0 Å². The molecule has 0 aromatic heterocycles. The number of rotatable bonds is 3. The zero-order chi connectivity index (χ0) is 15.6. The van der Waals surface area contributed by atoms with E-state index in [4.69, 9.17) is 0 Å². The van der Waals surface area contributed by atoms with Crippen LogP contribution in [0.15, 0.2) is 24.3 Å². The van der Waals surface area contributed by atoms with E-state index in [2.05, 4.69) is 34.1 Å². The molecule has 0 amide bonds. The van der Waals surface area contributed by atoms with Crippen molar-refractivity contribution in [3.8, 4) is 0 Å². The average molecular weight is 314 g/mol. The van der Waals surface area contributed by atoms with Gasteiger partial charge in [0.1, 0.15) is 0 Å². The maximum atomic E-state index is 9.33. The predicted octanol–water partition coefficient (Wildman–Crippen LogP) is 2.32. The molecule has 2 heterocycles. The highest BCUT2D eigenvalue weighted by Gasteiger charge is 2.33. The molecule has 1 unspecified atom stereocenters. The summed E-state index contributed by atoms with van der Waals surface area (Å²) >= 11 is 0. The fraction of sp³-hybridized carbons (Fsp3) is 0.700. The zero-order valence-electron chi connectivity index (χ0n) is 14.2. The standard InChI is InChI=1S/C20H30N2O/c23-15-16-7-10-21(11-8-16)19-6-3-9-22(14-19)20-12-17-4-1-2-5-18(17)13-20/h1-2,4-5,16,19-20,23H,3,6-15H2. The largest absolute Gasteiger partial charge is 0.396 e. The molecule has 23 heavy (non-hydrogen) atoms. The van der Waals surface area contributed by atoms with Crippen molar-refractivity contribution in [3.05, 3.63) is 35.4 Å². The lowest BCUT2D eigenvalue weighted by atomic mass is 9.94. The lowest BCUT2D eigenvalue weighted by Gasteiger charge is -2.44. The summed E-state index contributed by atoms with van der Waals surface area (Å²) < 4.78 is 0. The number of nitrogens with zero attached hydrogens (tertiary/aromatic N) is 2. The van der Waals surface area contributed by atoms with Gasteiger partial charge in [-0.2, -0.15) is 0 Å². The molecule has 4 rings (SSSR count). The van der Waals surface area contributed by atoms with E-state index in [0.29, 0.717) is 12.5 Å². The van der Waals surface area contributed by atoms with Crippen LogP contribution in [0.2, 0.25) is 0 Å². The molecule has 126 valence electrons. The highest BCUT2D eigenvalue weighted by atomic mass is 16.3. The van der Waals surface area contributed by atoms with E-state index in [1.807, 2.05) is 0 Å². The van der Waals surface area contributed by atoms with Crippen LogP contribution in [0.5, 0.6) is 0 Å². The Morgan fingerprint density at radius 3 is 2.22 bits per heavy atom. The molecule has 2 aliphatic heterocycles. The SMILES string of the molecule is OCC1CCN(C2CCCN(C3Cc4ccccc4C3)C2)CC1. The Kier molecular flexibility index (Phi) is 4.70. The van der Waals surface area contributed by atoms with E-state index in [0.717, 1.165) is 12.1 Å². The number of fused-ring (bicyclic) bond motifs is 1. The van der Waals surface area contributed by atoms with Gasteiger partial charge in [-0.1, -0.05) is 24.3 Å². The van der Waals surface area contributed by atoms with Crippen molar-refractivity contribution in [3.63, 3.8) is 0 Å². The highest BCUT2D eigenvalue weighted by Crippen LogP contribution is 2.29. The Hall–Kier alpha value is -0.900. The van der Waals surface area contributed by atoms with E-state index < -0.39 is 0 Å². The van der Waals surface area contributed by atoms with E-state index in [9.17, 15) is 5.11 Å². The van der Waals surface area contributed by atoms with Gasteiger partial charge in [0.05, 0.1) is 0 Å². The number of likely N-dealkylation sites (tertiary alicyclic amines) is 2. The van der Waals surface area contributed by atoms with Crippen molar-refractivity contribution in [2.75, 3.05) is 32.8 Å². The van der Waals surface area contributed by atoms with Gasteiger partial charge in [0, 0.05) is 25.2 Å². The Labute approximate surface area is 140 Å². The molecule has 1 aromatic rings. The molecule has 0 saturated carbocycles. The molecule has 2 saturated heterocycles. The lowest BCUT2D eigenvalue weighted by molar-refractivity contribution is 0.0430. The summed E-state index contributed by atoms with van der Waals surface area (Å²) in [6.07, 6.45) is 7.56. The number of aliphatic hydroxyl groups excluding tert-OH is 1. The molecule has 0 radical (unpaired) electrons. The van der Waals surface area contributed by atoms with Crippen molar-refractivity contribution in [1.29, 1.82) is 0 Å². The molecule has 0 bridgehead atoms. The zero-order valence-corrected chi connectivity index (χ0v) is 14.2. The third-order valence-corrected chi connectivity index (χ3v) is 6.40. The van der Waals surface area contributed by atoms with Crippen LogP contribution in [-0.4, -0.2) is 59.8 Å². The summed E-state index contributed by atoms with van der Waals surface area (Å²) in [5.41, 5.74) is 3.15. The van der Waals surface area contributed by atoms with Gasteiger partial charge < -0.3 is 5.11 Å². The van der Waals surface area contributed by atoms with Crippen molar-refractivity contribution in [1.82, 2.24) is 9.80 Å². The van der Waals surface area contributed by atoms with Crippen LogP contribution in [0.25, 0.3) is 0 Å². The molecule has 1 aliphatic carbocycles. The Morgan fingerprint density at radius 1 is 0.870 bits per heavy atom. The fourth-order valence-electron chi connectivity index (χ4n) is 4.91. The molecule has 2 fully saturated rings. The molecule has 1 aromatic carbocycles. The minimum Gasteiger partial charge on any atom is -0.396 e. The molecular formula is C20H30N2O. The fourth-order valence-corrected chi connectivity index (χ4v) is 4.91. The molecular weight excluding hydrogens is 284 g/mol. The molecule has 1 atom stereocenters. The second kappa shape index (κ2) is 6.92. The number of aliphatic hydroxyl groups is 1. The van der Waals surface area contributed by atoms with Crippen molar-refractivity contribution in [2.45, 2.75) is 50.6 Å². The van der Waals surface area contributed by atoms with Gasteiger partial charge in [-0.15, -0.1) is 0 Å². The van der Waals surface area contributed by atoms with E-state index in [1.54, 1.807) is 11.1 Å². The van der Waals surface area contributed by atoms with Crippen LogP contribution >= 0.6 is 0 Å². The molecule has 1 N–H and O–H groups in total. The van der Waals surface area contributed by atoms with Gasteiger partial charge in [0.2, 0.25) is 0 Å². The number of hydrogen-bond acceptors (Lipinski definition) is 3. The summed E-state index contributed by atoms with van der Waals surface area (Å²) in [6.45, 7) is 5.29. The first-order valence-electron chi connectivity index (χ1n) is 9.49. The average Bonchev–Trinajstić information content (AvgIpc) is 3.06. The van der Waals surface area contributed by atoms with Gasteiger partial charge >= 0.3 is 0 Å². The Morgan fingerprint density at radius 2 is 1.57 bits per heavy atom. The lowest BCUT2D eigenvalue weighted by Crippen LogP contribution is -2.53. The topological polar surface area (TPSA) is 26.7 Å². The first kappa shape index (κ1) is 15.6. The predicted molar refractivity (Wildman–Crippen MR) is 93.6 cm³/mol. The van der Waals surface area contributed by atoms with E-state index in [-0.39, 0.29) is 0 Å². The second-order valence-electron chi connectivity index (χ2n) is 7.78. The van der Waals surface area contributed by atoms with Gasteiger partial charge in [-0.05, 0) is 75.2 Å². The maximum absolute atomic E-state index is 9.33. The summed E-state index contributed by atoms with van der Waals surface area (Å²) in [5.74, 6) is 0.551. The smallest absolute Gasteiger partial charge is 0.0460 e. The first-order valence-corrected chi connectivity index (χ1v) is 9.49. The number of piperidine rings is 2. The molecule has 3 aliphatic rings. The maximum Gasteiger partial charge on any atom is 0.0460 e. The Balaban J connectivity index is 1.35. The van der Waals surface area contributed by atoms with Gasteiger partial charge in [0.15, 0.2) is 0 Å². The molecule has 3 nitrogen and oxygen atoms in total. The normalized spacial score (nSPS) is 28.1. The van der Waals surface area contributed by atoms with Crippen molar-refractivity contribution < 1.29 is 5.11 Å². The quantitative estimate of drug-likeness (QED) is 0.927. The van der Waals surface area contributed by atoms with Crippen LogP contribution in [0.4, 0.5) is 0 Å². The van der Waals surface area contributed by atoms with Crippen molar-refractivity contribution >= 4 is 0 Å². The third kappa shape index (κ3) is 3.33. The van der Waals surface area contributed by atoms with E-state index >= 15 is 0 Å². The second-order valence-corrected chi connectivity index (χ2v) is 7.78. The van der Waals surface area contributed by atoms with Crippen molar-refractivity contribution in [2.24, 2.45) is 5.92 Å². The number of hydrogen-bond donors (Lipinski definition) is 1. The molecule has 0 spiro atoms. The van der Waals surface area contributed by atoms with Gasteiger partial charge in [-0.3, -0.25) is 9.80 Å². The van der Waals surface area contributed by atoms with Crippen LogP contribution in [0, 0.1) is 5.92 Å². The van der Waals surface area contributed by atoms with Crippen LogP contribution in [-0.2, 0) is 12.8 Å². The minimum absolute atomic E-state index is 0.380. The van der Waals surface area contributed by atoms with E-state index in [1.165, 1.54) is 64.7 Å². The third-order valence-electron chi connectivity index (χ3n) is 6.40. The van der Waals surface area contributed by atoms with Gasteiger partial charge in [-0.25, -0.2) is 0 Å². The first-order chi connectivity index (χ1) is 11.3. The summed E-state index contributed by atoms with van der Waals surface area (Å²) in [7, 11) is 0. The summed E-state index contributed by atoms with van der Waals surface area (Å²) in [4.78, 5) is 5.48. The minimum atomic E-state index is 0.380. The number of benzene rings is 1. The highest BCUT2D eigenvalue weighted by molar-refractivity contribution is 5.33. The Bertz CT molecular complexity index is 499. The summed E-state index contributed by atoms with van der Waals surface area (Å²) in [5, 5.41) is 9.33. The molecule has 3 heteroatoms.